The van der Waals surface area contributed by atoms with Crippen LogP contribution in [0.25, 0.3) is 21.7 Å². The van der Waals surface area contributed by atoms with Gasteiger partial charge in [-0.25, -0.2) is 5.43 Å². The van der Waals surface area contributed by atoms with E-state index < -0.39 is 0 Å². The molecule has 1 aliphatic heterocycles. The van der Waals surface area contributed by atoms with E-state index in [0.29, 0.717) is 18.1 Å². The zero-order valence-corrected chi connectivity index (χ0v) is 13.4. The molecule has 2 aromatic carbocycles. The Hall–Kier alpha value is -2.66. The number of hydrazone groups is 1. The molecule has 122 valence electrons. The van der Waals surface area contributed by atoms with Gasteiger partial charge in [-0.05, 0) is 42.7 Å². The topological polar surface area (TPSA) is 63.8 Å². The number of benzene rings is 2. The van der Waals surface area contributed by atoms with Crippen LogP contribution >= 0.6 is 0 Å². The van der Waals surface area contributed by atoms with Gasteiger partial charge in [0.05, 0.1) is 0 Å². The Bertz CT molecular complexity index is 936. The first-order valence-electron chi connectivity index (χ1n) is 8.10. The SMILES string of the molecule is C/C(=N\NC(=O)C1CCCO1)c1cc2c(ccc3ccccc32)o1. The Morgan fingerprint density at radius 2 is 2.08 bits per heavy atom. The number of rotatable bonds is 3. The molecule has 3 aromatic rings. The standard InChI is InChI=1S/C19H18N2O3/c1-12(20-21-19(22)17-7-4-10-23-17)18-11-15-14-6-3-2-5-13(14)8-9-16(15)24-18/h2-3,5-6,8-9,11,17H,4,7,10H2,1H3,(H,21,22)/b20-12+. The number of nitrogens with one attached hydrogen (secondary N) is 1. The lowest BCUT2D eigenvalue weighted by Crippen LogP contribution is -2.31. The quantitative estimate of drug-likeness (QED) is 0.592. The van der Waals surface area contributed by atoms with Gasteiger partial charge in [-0.1, -0.05) is 30.3 Å². The average molecular weight is 322 g/mol. The highest BCUT2D eigenvalue weighted by Crippen LogP contribution is 2.28. The maximum Gasteiger partial charge on any atom is 0.269 e. The summed E-state index contributed by atoms with van der Waals surface area (Å²) in [6.07, 6.45) is 1.27. The molecule has 1 aliphatic rings. The maximum atomic E-state index is 12.0. The van der Waals surface area contributed by atoms with Gasteiger partial charge in [0, 0.05) is 12.0 Å². The minimum Gasteiger partial charge on any atom is -0.455 e. The lowest BCUT2D eigenvalue weighted by molar-refractivity contribution is -0.130. The molecule has 1 amide bonds. The summed E-state index contributed by atoms with van der Waals surface area (Å²) in [5.41, 5.74) is 4.00. The van der Waals surface area contributed by atoms with Crippen LogP contribution in [0.2, 0.25) is 0 Å². The lowest BCUT2D eigenvalue weighted by atomic mass is 10.1. The van der Waals surface area contributed by atoms with Crippen molar-refractivity contribution >= 4 is 33.4 Å². The minimum absolute atomic E-state index is 0.201. The van der Waals surface area contributed by atoms with Crippen LogP contribution in [0.5, 0.6) is 0 Å². The van der Waals surface area contributed by atoms with Crippen LogP contribution in [0, 0.1) is 0 Å². The predicted octanol–water partition coefficient (Wildman–Crippen LogP) is 3.61. The van der Waals surface area contributed by atoms with E-state index in [-0.39, 0.29) is 12.0 Å². The van der Waals surface area contributed by atoms with Crippen molar-refractivity contribution in [2.45, 2.75) is 25.9 Å². The Morgan fingerprint density at radius 3 is 2.92 bits per heavy atom. The Morgan fingerprint density at radius 1 is 1.21 bits per heavy atom. The number of carbonyl (C=O) groups is 1. The number of fused-ring (bicyclic) bond motifs is 3. The van der Waals surface area contributed by atoms with Crippen LogP contribution in [0.3, 0.4) is 0 Å². The maximum absolute atomic E-state index is 12.0. The van der Waals surface area contributed by atoms with Crippen molar-refractivity contribution in [2.75, 3.05) is 6.61 Å². The largest absolute Gasteiger partial charge is 0.455 e. The van der Waals surface area contributed by atoms with E-state index in [0.717, 1.165) is 29.2 Å². The summed E-state index contributed by atoms with van der Waals surface area (Å²) in [5.74, 6) is 0.447. The second-order valence-corrected chi connectivity index (χ2v) is 5.98. The predicted molar refractivity (Wildman–Crippen MR) is 93.0 cm³/mol. The summed E-state index contributed by atoms with van der Waals surface area (Å²) in [7, 11) is 0. The van der Waals surface area contributed by atoms with Crippen molar-refractivity contribution < 1.29 is 13.9 Å². The summed E-state index contributed by atoms with van der Waals surface area (Å²) < 4.78 is 11.2. The van der Waals surface area contributed by atoms with E-state index in [9.17, 15) is 4.79 Å². The molecule has 1 fully saturated rings. The van der Waals surface area contributed by atoms with Crippen LogP contribution in [0.1, 0.15) is 25.5 Å². The highest BCUT2D eigenvalue weighted by atomic mass is 16.5. The molecule has 1 unspecified atom stereocenters. The van der Waals surface area contributed by atoms with E-state index in [1.807, 2.05) is 37.3 Å². The van der Waals surface area contributed by atoms with Gasteiger partial charge >= 0.3 is 0 Å². The molecule has 5 heteroatoms. The zero-order chi connectivity index (χ0) is 16.5. The normalized spacial score (nSPS) is 18.4. The summed E-state index contributed by atoms with van der Waals surface area (Å²) in [5, 5.41) is 7.51. The summed E-state index contributed by atoms with van der Waals surface area (Å²) in [4.78, 5) is 12.0. The van der Waals surface area contributed by atoms with Crippen LogP contribution in [-0.2, 0) is 9.53 Å². The van der Waals surface area contributed by atoms with Gasteiger partial charge in [-0.2, -0.15) is 5.10 Å². The first-order valence-corrected chi connectivity index (χ1v) is 8.10. The molecule has 0 radical (unpaired) electrons. The fraction of sp³-hybridized carbons (Fsp3) is 0.263. The fourth-order valence-electron chi connectivity index (χ4n) is 3.02. The van der Waals surface area contributed by atoms with Crippen molar-refractivity contribution in [3.05, 3.63) is 48.2 Å². The third-order valence-corrected chi connectivity index (χ3v) is 4.34. The first kappa shape index (κ1) is 14.9. The van der Waals surface area contributed by atoms with Crippen molar-refractivity contribution in [1.29, 1.82) is 0 Å². The molecule has 1 aromatic heterocycles. The Labute approximate surface area is 139 Å². The minimum atomic E-state index is -0.388. The molecule has 1 N–H and O–H groups in total. The molecule has 2 heterocycles. The van der Waals surface area contributed by atoms with E-state index >= 15 is 0 Å². The number of amides is 1. The fourth-order valence-corrected chi connectivity index (χ4v) is 3.02. The second-order valence-electron chi connectivity index (χ2n) is 5.98. The van der Waals surface area contributed by atoms with Gasteiger partial charge in [0.15, 0.2) is 5.76 Å². The lowest BCUT2D eigenvalue weighted by Gasteiger charge is -2.06. The number of nitrogens with zero attached hydrogens (tertiary/aromatic N) is 1. The molecule has 24 heavy (non-hydrogen) atoms. The molecule has 1 saturated heterocycles. The molecule has 0 saturated carbocycles. The highest BCUT2D eigenvalue weighted by molar-refractivity contribution is 6.09. The molecular formula is C19H18N2O3. The number of ether oxygens (including phenoxy) is 1. The average Bonchev–Trinajstić information content (AvgIpc) is 3.28. The zero-order valence-electron chi connectivity index (χ0n) is 13.4. The number of furan rings is 1. The van der Waals surface area contributed by atoms with Crippen LogP contribution in [-0.4, -0.2) is 24.3 Å². The molecule has 0 bridgehead atoms. The molecule has 5 nitrogen and oxygen atoms in total. The van der Waals surface area contributed by atoms with Crippen molar-refractivity contribution in [3.63, 3.8) is 0 Å². The van der Waals surface area contributed by atoms with Gasteiger partial charge in [0.2, 0.25) is 0 Å². The van der Waals surface area contributed by atoms with Crippen molar-refractivity contribution in [3.8, 4) is 0 Å². The van der Waals surface area contributed by atoms with Crippen LogP contribution in [0.15, 0.2) is 52.0 Å². The van der Waals surface area contributed by atoms with Gasteiger partial charge in [0.1, 0.15) is 17.4 Å². The van der Waals surface area contributed by atoms with Crippen molar-refractivity contribution in [2.24, 2.45) is 5.10 Å². The second kappa shape index (κ2) is 6.09. The molecule has 4 rings (SSSR count). The summed E-state index contributed by atoms with van der Waals surface area (Å²) in [6.45, 7) is 2.45. The van der Waals surface area contributed by atoms with Crippen LogP contribution in [0.4, 0.5) is 0 Å². The van der Waals surface area contributed by atoms with E-state index in [1.165, 1.54) is 5.39 Å². The van der Waals surface area contributed by atoms with Gasteiger partial charge in [0.25, 0.3) is 5.91 Å². The number of carbonyl (C=O) groups excluding carboxylic acids is 1. The summed E-state index contributed by atoms with van der Waals surface area (Å²) in [6, 6.07) is 14.1. The third kappa shape index (κ3) is 2.67. The Balaban J connectivity index is 1.62. The first-order chi connectivity index (χ1) is 11.7. The molecular weight excluding hydrogens is 304 g/mol. The molecule has 1 atom stereocenters. The molecule has 0 spiro atoms. The monoisotopic (exact) mass is 322 g/mol. The smallest absolute Gasteiger partial charge is 0.269 e. The third-order valence-electron chi connectivity index (χ3n) is 4.34. The van der Waals surface area contributed by atoms with E-state index in [1.54, 1.807) is 0 Å². The van der Waals surface area contributed by atoms with Gasteiger partial charge in [-0.3, -0.25) is 4.79 Å². The van der Waals surface area contributed by atoms with Crippen LogP contribution < -0.4 is 5.43 Å². The number of hydrogen-bond acceptors (Lipinski definition) is 4. The van der Waals surface area contributed by atoms with Crippen molar-refractivity contribution in [1.82, 2.24) is 5.43 Å². The van der Waals surface area contributed by atoms with E-state index in [2.05, 4.69) is 22.7 Å². The highest BCUT2D eigenvalue weighted by Gasteiger charge is 2.23. The van der Waals surface area contributed by atoms with Gasteiger partial charge < -0.3 is 9.15 Å². The van der Waals surface area contributed by atoms with Gasteiger partial charge in [-0.15, -0.1) is 0 Å². The molecule has 0 aliphatic carbocycles. The Kier molecular flexibility index (Phi) is 3.78. The van der Waals surface area contributed by atoms with E-state index in [4.69, 9.17) is 9.15 Å². The number of hydrogen-bond donors (Lipinski definition) is 1. The summed E-state index contributed by atoms with van der Waals surface area (Å²) >= 11 is 0.